The molecule has 0 atom stereocenters. The van der Waals surface area contributed by atoms with Gasteiger partial charge in [0.05, 0.1) is 10.6 Å². The molecule has 0 heterocycles. The van der Waals surface area contributed by atoms with Crippen molar-refractivity contribution in [3.63, 3.8) is 0 Å². The molecule has 0 aliphatic carbocycles. The number of rotatable bonds is 1. The van der Waals surface area contributed by atoms with E-state index in [2.05, 4.69) is 0 Å². The van der Waals surface area contributed by atoms with Crippen LogP contribution in [0.5, 0.6) is 0 Å². The highest BCUT2D eigenvalue weighted by molar-refractivity contribution is 7.89. The number of aryl methyl sites for hydroxylation is 1. The SMILES string of the molecule is CC.Cc1cc(S(N)(=O)=O)cc(F)c1N. The van der Waals surface area contributed by atoms with E-state index in [4.69, 9.17) is 10.9 Å². The van der Waals surface area contributed by atoms with Gasteiger partial charge in [-0.1, -0.05) is 13.8 Å². The van der Waals surface area contributed by atoms with E-state index in [0.29, 0.717) is 5.56 Å². The van der Waals surface area contributed by atoms with E-state index in [-0.39, 0.29) is 10.6 Å². The number of anilines is 1. The third-order valence-electron chi connectivity index (χ3n) is 1.64. The number of hydrogen-bond acceptors (Lipinski definition) is 3. The summed E-state index contributed by atoms with van der Waals surface area (Å²) in [6.07, 6.45) is 0. The van der Waals surface area contributed by atoms with Crippen LogP contribution in [0, 0.1) is 12.7 Å². The molecule has 0 amide bonds. The number of primary sulfonamides is 1. The largest absolute Gasteiger partial charge is 0.396 e. The lowest BCUT2D eigenvalue weighted by Crippen LogP contribution is -2.13. The lowest BCUT2D eigenvalue weighted by Gasteiger charge is -2.04. The third kappa shape index (κ3) is 3.49. The molecule has 1 rings (SSSR count). The first-order valence-corrected chi connectivity index (χ1v) is 5.95. The predicted molar refractivity (Wildman–Crippen MR) is 58.3 cm³/mol. The molecule has 15 heavy (non-hydrogen) atoms. The van der Waals surface area contributed by atoms with Crippen LogP contribution >= 0.6 is 0 Å². The maximum Gasteiger partial charge on any atom is 0.238 e. The van der Waals surface area contributed by atoms with Gasteiger partial charge < -0.3 is 5.73 Å². The summed E-state index contributed by atoms with van der Waals surface area (Å²) in [7, 11) is -3.86. The van der Waals surface area contributed by atoms with E-state index in [0.717, 1.165) is 6.07 Å². The van der Waals surface area contributed by atoms with Crippen molar-refractivity contribution in [3.05, 3.63) is 23.5 Å². The number of halogens is 1. The van der Waals surface area contributed by atoms with Crippen LogP contribution in [0.25, 0.3) is 0 Å². The first-order chi connectivity index (χ1) is 6.82. The van der Waals surface area contributed by atoms with Gasteiger partial charge in [0.1, 0.15) is 5.82 Å². The van der Waals surface area contributed by atoms with E-state index in [9.17, 15) is 12.8 Å². The van der Waals surface area contributed by atoms with E-state index in [1.54, 1.807) is 0 Å². The molecule has 0 aromatic heterocycles. The molecule has 0 spiro atoms. The first kappa shape index (κ1) is 13.9. The van der Waals surface area contributed by atoms with Crippen molar-refractivity contribution >= 4 is 15.7 Å². The molecule has 0 saturated heterocycles. The average molecular weight is 234 g/mol. The van der Waals surface area contributed by atoms with Crippen molar-refractivity contribution in [3.8, 4) is 0 Å². The van der Waals surface area contributed by atoms with E-state index in [1.807, 2.05) is 13.8 Å². The first-order valence-electron chi connectivity index (χ1n) is 4.41. The molecule has 1 aromatic carbocycles. The number of nitrogen functional groups attached to an aromatic ring is 1. The smallest absolute Gasteiger partial charge is 0.238 e. The minimum Gasteiger partial charge on any atom is -0.396 e. The Bertz CT molecular complexity index is 420. The van der Waals surface area contributed by atoms with Crippen LogP contribution in [-0.4, -0.2) is 8.42 Å². The molecular formula is C9H15FN2O2S. The van der Waals surface area contributed by atoms with Gasteiger partial charge in [0, 0.05) is 0 Å². The van der Waals surface area contributed by atoms with Crippen LogP contribution in [0.4, 0.5) is 10.1 Å². The number of benzene rings is 1. The normalized spacial score (nSPS) is 10.5. The Balaban J connectivity index is 0.000000921. The van der Waals surface area contributed by atoms with Crippen molar-refractivity contribution in [2.45, 2.75) is 25.7 Å². The molecule has 0 bridgehead atoms. The quantitative estimate of drug-likeness (QED) is 0.720. The molecule has 1 aromatic rings. The molecule has 4 nitrogen and oxygen atoms in total. The fourth-order valence-electron chi connectivity index (χ4n) is 0.888. The van der Waals surface area contributed by atoms with Crippen molar-refractivity contribution in [1.82, 2.24) is 0 Å². The van der Waals surface area contributed by atoms with Gasteiger partial charge in [-0.05, 0) is 24.6 Å². The molecule has 0 unspecified atom stereocenters. The number of nitrogens with two attached hydrogens (primary N) is 2. The Morgan fingerprint density at radius 1 is 1.27 bits per heavy atom. The molecule has 0 aliphatic rings. The van der Waals surface area contributed by atoms with Crippen LogP contribution < -0.4 is 10.9 Å². The summed E-state index contributed by atoms with van der Waals surface area (Å²) < 4.78 is 34.6. The van der Waals surface area contributed by atoms with Crippen LogP contribution in [0.2, 0.25) is 0 Å². The monoisotopic (exact) mass is 234 g/mol. The standard InChI is InChI=1S/C7H9FN2O2S.C2H6/c1-4-2-5(13(10,11)12)3-6(8)7(4)9;1-2/h2-3H,9H2,1H3,(H2,10,11,12);1-2H3. The maximum absolute atomic E-state index is 12.9. The second-order valence-corrected chi connectivity index (χ2v) is 4.24. The zero-order chi connectivity index (χ0) is 12.2. The summed E-state index contributed by atoms with van der Waals surface area (Å²) in [6, 6.07) is 2.03. The van der Waals surface area contributed by atoms with Crippen molar-refractivity contribution < 1.29 is 12.8 Å². The average Bonchev–Trinajstić information content (AvgIpc) is 2.15. The maximum atomic E-state index is 12.9. The van der Waals surface area contributed by atoms with Gasteiger partial charge in [-0.3, -0.25) is 0 Å². The zero-order valence-electron chi connectivity index (χ0n) is 8.91. The summed E-state index contributed by atoms with van der Waals surface area (Å²) in [5, 5.41) is 4.81. The van der Waals surface area contributed by atoms with Gasteiger partial charge in [-0.2, -0.15) is 0 Å². The molecule has 0 fully saturated rings. The second-order valence-electron chi connectivity index (χ2n) is 2.68. The van der Waals surface area contributed by atoms with Crippen molar-refractivity contribution in [2.75, 3.05) is 5.73 Å². The van der Waals surface area contributed by atoms with Gasteiger partial charge in [-0.25, -0.2) is 17.9 Å². The second kappa shape index (κ2) is 5.09. The van der Waals surface area contributed by atoms with Crippen LogP contribution in [-0.2, 0) is 10.0 Å². The highest BCUT2D eigenvalue weighted by atomic mass is 32.2. The number of sulfonamides is 1. The molecule has 4 N–H and O–H groups in total. The summed E-state index contributed by atoms with van der Waals surface area (Å²) in [6.45, 7) is 5.51. The summed E-state index contributed by atoms with van der Waals surface area (Å²) in [5.74, 6) is -0.774. The number of hydrogen-bond donors (Lipinski definition) is 2. The third-order valence-corrected chi connectivity index (χ3v) is 2.53. The topological polar surface area (TPSA) is 86.2 Å². The van der Waals surface area contributed by atoms with Gasteiger partial charge in [-0.15, -0.1) is 0 Å². The summed E-state index contributed by atoms with van der Waals surface area (Å²) in [5.41, 5.74) is 5.57. The molecule has 0 radical (unpaired) electrons. The highest BCUT2D eigenvalue weighted by Gasteiger charge is 2.12. The van der Waals surface area contributed by atoms with Gasteiger partial charge >= 0.3 is 0 Å². The van der Waals surface area contributed by atoms with Crippen LogP contribution in [0.1, 0.15) is 19.4 Å². The minimum absolute atomic E-state index is 0.0626. The summed E-state index contributed by atoms with van der Waals surface area (Å²) >= 11 is 0. The Hall–Kier alpha value is -1.14. The van der Waals surface area contributed by atoms with Crippen LogP contribution in [0.15, 0.2) is 17.0 Å². The van der Waals surface area contributed by atoms with Crippen molar-refractivity contribution in [2.24, 2.45) is 5.14 Å². The fourth-order valence-corrected chi connectivity index (χ4v) is 1.50. The molecule has 86 valence electrons. The molecule has 0 aliphatic heterocycles. The minimum atomic E-state index is -3.86. The van der Waals surface area contributed by atoms with Crippen molar-refractivity contribution in [1.29, 1.82) is 0 Å². The van der Waals surface area contributed by atoms with Gasteiger partial charge in [0.15, 0.2) is 0 Å². The van der Waals surface area contributed by atoms with E-state index in [1.165, 1.54) is 13.0 Å². The van der Waals surface area contributed by atoms with E-state index < -0.39 is 15.8 Å². The van der Waals surface area contributed by atoms with E-state index >= 15 is 0 Å². The summed E-state index contributed by atoms with van der Waals surface area (Å²) in [4.78, 5) is -0.267. The molecule has 0 saturated carbocycles. The highest BCUT2D eigenvalue weighted by Crippen LogP contribution is 2.19. The predicted octanol–water partition coefficient (Wildman–Crippen LogP) is 1.39. The Labute approximate surface area is 89.1 Å². The van der Waals surface area contributed by atoms with Gasteiger partial charge in [0.25, 0.3) is 0 Å². The lowest BCUT2D eigenvalue weighted by molar-refractivity contribution is 0.593. The Kier molecular flexibility index (Phi) is 4.70. The fraction of sp³-hybridized carbons (Fsp3) is 0.333. The van der Waals surface area contributed by atoms with Gasteiger partial charge in [0.2, 0.25) is 10.0 Å². The Morgan fingerprint density at radius 3 is 2.07 bits per heavy atom. The van der Waals surface area contributed by atoms with Crippen LogP contribution in [0.3, 0.4) is 0 Å². The Morgan fingerprint density at radius 2 is 1.73 bits per heavy atom. The zero-order valence-corrected chi connectivity index (χ0v) is 9.73. The molecule has 6 heteroatoms. The molecular weight excluding hydrogens is 219 g/mol. The lowest BCUT2D eigenvalue weighted by atomic mass is 10.2.